The molecule has 3 rings (SSSR count). The van der Waals surface area contributed by atoms with E-state index in [2.05, 4.69) is 16.3 Å². The Balaban J connectivity index is 1.57. The average molecular weight is 343 g/mol. The molecular formula is C20H29N3O2. The van der Waals surface area contributed by atoms with Gasteiger partial charge in [-0.2, -0.15) is 0 Å². The average Bonchev–Trinajstić information content (AvgIpc) is 3.07. The number of hydrogen-bond acceptors (Lipinski definition) is 3. The molecule has 2 heterocycles. The molecule has 0 aliphatic carbocycles. The highest BCUT2D eigenvalue weighted by atomic mass is 16.2. The van der Waals surface area contributed by atoms with E-state index in [0.717, 1.165) is 37.1 Å². The Hall–Kier alpha value is -1.88. The zero-order valence-corrected chi connectivity index (χ0v) is 15.2. The highest BCUT2D eigenvalue weighted by Crippen LogP contribution is 2.28. The lowest BCUT2D eigenvalue weighted by molar-refractivity contribution is -0.126. The third-order valence-electron chi connectivity index (χ3n) is 5.27. The molecule has 2 aliphatic rings. The fraction of sp³-hybridized carbons (Fsp3) is 0.600. The van der Waals surface area contributed by atoms with Gasteiger partial charge in [0.2, 0.25) is 11.8 Å². The Morgan fingerprint density at radius 3 is 2.72 bits per heavy atom. The summed E-state index contributed by atoms with van der Waals surface area (Å²) < 4.78 is 0. The van der Waals surface area contributed by atoms with Crippen molar-refractivity contribution in [2.45, 2.75) is 51.5 Å². The van der Waals surface area contributed by atoms with Gasteiger partial charge < -0.3 is 10.2 Å². The summed E-state index contributed by atoms with van der Waals surface area (Å²) in [6.07, 6.45) is 5.78. The first kappa shape index (κ1) is 17.9. The smallest absolute Gasteiger partial charge is 0.242 e. The van der Waals surface area contributed by atoms with Gasteiger partial charge in [0.1, 0.15) is 6.04 Å². The molecule has 25 heavy (non-hydrogen) atoms. The molecule has 0 aromatic heterocycles. The maximum Gasteiger partial charge on any atom is 0.242 e. The molecule has 1 aromatic carbocycles. The number of carbonyl (C=O) groups is 2. The summed E-state index contributed by atoms with van der Waals surface area (Å²) in [5.74, 6) is -0.0175. The number of likely N-dealkylation sites (tertiary alicyclic amines) is 1. The van der Waals surface area contributed by atoms with E-state index in [-0.39, 0.29) is 11.8 Å². The van der Waals surface area contributed by atoms with Gasteiger partial charge in [-0.1, -0.05) is 18.2 Å². The van der Waals surface area contributed by atoms with Crippen LogP contribution >= 0.6 is 0 Å². The topological polar surface area (TPSA) is 52.7 Å². The Morgan fingerprint density at radius 1 is 1.16 bits per heavy atom. The van der Waals surface area contributed by atoms with Gasteiger partial charge in [0, 0.05) is 18.7 Å². The van der Waals surface area contributed by atoms with Crippen molar-refractivity contribution >= 4 is 17.5 Å². The lowest BCUT2D eigenvalue weighted by atomic mass is 10.1. The Kier molecular flexibility index (Phi) is 6.08. The molecule has 1 fully saturated rings. The molecule has 1 N–H and O–H groups in total. The number of amides is 2. The Morgan fingerprint density at radius 2 is 1.92 bits per heavy atom. The standard InChI is InChI=1S/C20H29N3O2/c1-16(20(25)21-12-7-15-22-13-4-5-14-22)23-18-10-3-2-8-17(18)9-6-11-19(23)24/h2-3,8,10,16H,4-7,9,11-15H2,1H3,(H,21,25). The number of aryl methyl sites for hydroxylation is 1. The van der Waals surface area contributed by atoms with Crippen molar-refractivity contribution in [1.82, 2.24) is 10.2 Å². The van der Waals surface area contributed by atoms with E-state index in [1.807, 2.05) is 25.1 Å². The van der Waals surface area contributed by atoms with Crippen LogP contribution in [0, 0.1) is 0 Å². The van der Waals surface area contributed by atoms with Crippen molar-refractivity contribution in [3.8, 4) is 0 Å². The number of para-hydroxylation sites is 1. The molecule has 1 unspecified atom stereocenters. The van der Waals surface area contributed by atoms with Gasteiger partial charge in [-0.05, 0) is 70.3 Å². The van der Waals surface area contributed by atoms with Crippen LogP contribution in [0.2, 0.25) is 0 Å². The van der Waals surface area contributed by atoms with Crippen LogP contribution in [0.15, 0.2) is 24.3 Å². The summed E-state index contributed by atoms with van der Waals surface area (Å²) in [6.45, 7) is 5.91. The van der Waals surface area contributed by atoms with E-state index in [1.54, 1.807) is 4.90 Å². The first-order valence-corrected chi connectivity index (χ1v) is 9.57. The van der Waals surface area contributed by atoms with E-state index in [4.69, 9.17) is 0 Å². The number of carbonyl (C=O) groups excluding carboxylic acids is 2. The molecule has 0 saturated carbocycles. The van der Waals surface area contributed by atoms with Crippen LogP contribution in [-0.2, 0) is 16.0 Å². The molecule has 0 spiro atoms. The summed E-state index contributed by atoms with van der Waals surface area (Å²) in [6, 6.07) is 7.47. The molecule has 5 nitrogen and oxygen atoms in total. The van der Waals surface area contributed by atoms with Crippen molar-refractivity contribution < 1.29 is 9.59 Å². The third-order valence-corrected chi connectivity index (χ3v) is 5.27. The van der Waals surface area contributed by atoms with Gasteiger partial charge in [0.15, 0.2) is 0 Å². The van der Waals surface area contributed by atoms with E-state index in [0.29, 0.717) is 13.0 Å². The predicted octanol–water partition coefficient (Wildman–Crippen LogP) is 2.35. The lowest BCUT2D eigenvalue weighted by Gasteiger charge is -2.29. The summed E-state index contributed by atoms with van der Waals surface area (Å²) in [5, 5.41) is 3.02. The van der Waals surface area contributed by atoms with Crippen LogP contribution in [0.1, 0.15) is 44.6 Å². The summed E-state index contributed by atoms with van der Waals surface area (Å²) >= 11 is 0. The molecule has 0 radical (unpaired) electrons. The van der Waals surface area contributed by atoms with E-state index in [9.17, 15) is 9.59 Å². The van der Waals surface area contributed by atoms with Crippen molar-refractivity contribution in [1.29, 1.82) is 0 Å². The highest BCUT2D eigenvalue weighted by Gasteiger charge is 2.30. The van der Waals surface area contributed by atoms with Crippen molar-refractivity contribution in [2.24, 2.45) is 0 Å². The highest BCUT2D eigenvalue weighted by molar-refractivity contribution is 6.01. The molecule has 0 bridgehead atoms. The van der Waals surface area contributed by atoms with Crippen LogP contribution in [0.25, 0.3) is 0 Å². The largest absolute Gasteiger partial charge is 0.354 e. The number of rotatable bonds is 6. The number of anilines is 1. The molecule has 1 saturated heterocycles. The maximum atomic E-state index is 12.6. The van der Waals surface area contributed by atoms with Crippen LogP contribution in [0.5, 0.6) is 0 Å². The minimum absolute atomic E-state index is 0.0460. The van der Waals surface area contributed by atoms with Gasteiger partial charge in [0.25, 0.3) is 0 Å². The summed E-state index contributed by atoms with van der Waals surface area (Å²) in [4.78, 5) is 29.3. The normalized spacial score (nSPS) is 19.4. The number of hydrogen-bond donors (Lipinski definition) is 1. The second-order valence-corrected chi connectivity index (χ2v) is 7.12. The van der Waals surface area contributed by atoms with E-state index in [1.165, 1.54) is 25.9 Å². The van der Waals surface area contributed by atoms with Crippen molar-refractivity contribution in [3.05, 3.63) is 29.8 Å². The van der Waals surface area contributed by atoms with Gasteiger partial charge in [-0.15, -0.1) is 0 Å². The fourth-order valence-corrected chi connectivity index (χ4v) is 3.85. The summed E-state index contributed by atoms with van der Waals surface area (Å²) in [7, 11) is 0. The van der Waals surface area contributed by atoms with Gasteiger partial charge >= 0.3 is 0 Å². The van der Waals surface area contributed by atoms with Gasteiger partial charge in [-0.3, -0.25) is 14.5 Å². The Bertz CT molecular complexity index is 611. The van der Waals surface area contributed by atoms with Crippen molar-refractivity contribution in [3.63, 3.8) is 0 Å². The summed E-state index contributed by atoms with van der Waals surface area (Å²) in [5.41, 5.74) is 2.05. The number of fused-ring (bicyclic) bond motifs is 1. The SMILES string of the molecule is CC(C(=O)NCCCN1CCCC1)N1C(=O)CCCc2ccccc21. The van der Waals surface area contributed by atoms with Crippen LogP contribution in [-0.4, -0.2) is 48.9 Å². The first-order chi connectivity index (χ1) is 12.2. The Labute approximate surface area is 150 Å². The molecule has 1 atom stereocenters. The van der Waals surface area contributed by atoms with E-state index >= 15 is 0 Å². The number of benzene rings is 1. The molecule has 1 aromatic rings. The number of nitrogens with one attached hydrogen (secondary N) is 1. The van der Waals surface area contributed by atoms with Gasteiger partial charge in [-0.25, -0.2) is 0 Å². The van der Waals surface area contributed by atoms with Crippen molar-refractivity contribution in [2.75, 3.05) is 31.1 Å². The van der Waals surface area contributed by atoms with Crippen LogP contribution < -0.4 is 10.2 Å². The minimum Gasteiger partial charge on any atom is -0.354 e. The monoisotopic (exact) mass is 343 g/mol. The molecule has 136 valence electrons. The predicted molar refractivity (Wildman–Crippen MR) is 99.6 cm³/mol. The lowest BCUT2D eigenvalue weighted by Crippen LogP contribution is -2.48. The molecule has 2 amide bonds. The first-order valence-electron chi connectivity index (χ1n) is 9.57. The fourth-order valence-electron chi connectivity index (χ4n) is 3.85. The zero-order chi connectivity index (χ0) is 17.6. The molecule has 5 heteroatoms. The van der Waals surface area contributed by atoms with E-state index < -0.39 is 6.04 Å². The zero-order valence-electron chi connectivity index (χ0n) is 15.2. The molecule has 2 aliphatic heterocycles. The molecular weight excluding hydrogens is 314 g/mol. The van der Waals surface area contributed by atoms with Gasteiger partial charge in [0.05, 0.1) is 0 Å². The number of nitrogens with zero attached hydrogens (tertiary/aromatic N) is 2. The second-order valence-electron chi connectivity index (χ2n) is 7.12. The minimum atomic E-state index is -0.474. The quantitative estimate of drug-likeness (QED) is 0.807. The maximum absolute atomic E-state index is 12.6. The second kappa shape index (κ2) is 8.48. The van der Waals surface area contributed by atoms with Crippen LogP contribution in [0.3, 0.4) is 0 Å². The van der Waals surface area contributed by atoms with Crippen LogP contribution in [0.4, 0.5) is 5.69 Å². The third kappa shape index (κ3) is 4.40.